The second-order valence-corrected chi connectivity index (χ2v) is 10.4. The fourth-order valence-corrected chi connectivity index (χ4v) is 3.40. The van der Waals surface area contributed by atoms with Gasteiger partial charge in [-0.3, -0.25) is 14.0 Å². The molecule has 9 heteroatoms. The summed E-state index contributed by atoms with van der Waals surface area (Å²) in [6.07, 6.45) is 7.05. The van der Waals surface area contributed by atoms with Crippen molar-refractivity contribution in [2.45, 2.75) is 66.5 Å². The summed E-state index contributed by atoms with van der Waals surface area (Å²) in [6, 6.07) is 1.71. The zero-order valence-electron chi connectivity index (χ0n) is 22.6. The van der Waals surface area contributed by atoms with Crippen LogP contribution in [0.25, 0.3) is 5.70 Å². The first kappa shape index (κ1) is 27.6. The maximum atomic E-state index is 13.5. The number of rotatable bonds is 7. The van der Waals surface area contributed by atoms with Crippen LogP contribution in [0.3, 0.4) is 0 Å². The molecule has 35 heavy (non-hydrogen) atoms. The predicted molar refractivity (Wildman–Crippen MR) is 141 cm³/mol. The van der Waals surface area contributed by atoms with Crippen molar-refractivity contribution in [1.82, 2.24) is 19.3 Å². The Labute approximate surface area is 208 Å². The first-order valence-corrected chi connectivity index (χ1v) is 11.5. The van der Waals surface area contributed by atoms with E-state index in [-0.39, 0.29) is 11.5 Å². The monoisotopic (exact) mass is 482 g/mol. The van der Waals surface area contributed by atoms with Gasteiger partial charge in [-0.25, -0.2) is 4.79 Å². The van der Waals surface area contributed by atoms with Crippen LogP contribution in [-0.4, -0.2) is 50.9 Å². The second-order valence-electron chi connectivity index (χ2n) is 10.4. The van der Waals surface area contributed by atoms with E-state index >= 15 is 0 Å². The molecule has 2 aromatic heterocycles. The molecule has 2 heterocycles. The van der Waals surface area contributed by atoms with Gasteiger partial charge in [0.15, 0.2) is 11.5 Å². The van der Waals surface area contributed by atoms with Crippen LogP contribution in [0.15, 0.2) is 36.9 Å². The van der Waals surface area contributed by atoms with Crippen molar-refractivity contribution >= 4 is 29.3 Å². The molecule has 0 saturated carbocycles. The number of carbonyl (C=O) groups excluding carboxylic acids is 2. The number of carbonyl (C=O) groups is 2. The number of nitrogens with one attached hydrogen (secondary N) is 1. The molecule has 1 amide bonds. The number of allylic oxidation sites excluding steroid dienone is 5. The standard InChI is InChI=1S/C26H38N6O3/c1-12-14-18(15-13-2)31-20(23(34)35-26(7,8)9)21(28-24(31)30(10)11)27-22(33)19-16-17(3)29-32(19)25(4,5)6/h12-16H,1H2,2-11H3,(H,27,33)/b15-13-,18-14+. The molecule has 0 aromatic carbocycles. The molecule has 0 saturated heterocycles. The lowest BCUT2D eigenvalue weighted by molar-refractivity contribution is 0.00622. The van der Waals surface area contributed by atoms with Crippen molar-refractivity contribution in [2.75, 3.05) is 24.3 Å². The molecule has 0 aliphatic carbocycles. The van der Waals surface area contributed by atoms with E-state index in [9.17, 15) is 9.59 Å². The van der Waals surface area contributed by atoms with Crippen LogP contribution in [-0.2, 0) is 10.3 Å². The van der Waals surface area contributed by atoms with Gasteiger partial charge in [-0.05, 0) is 73.6 Å². The van der Waals surface area contributed by atoms with Gasteiger partial charge in [0.05, 0.1) is 11.2 Å². The lowest BCUT2D eigenvalue weighted by Crippen LogP contribution is -2.30. The highest BCUT2D eigenvalue weighted by atomic mass is 16.6. The Balaban J connectivity index is 2.77. The molecule has 2 aromatic rings. The van der Waals surface area contributed by atoms with Crippen LogP contribution in [0.5, 0.6) is 0 Å². The average Bonchev–Trinajstić information content (AvgIpc) is 3.27. The van der Waals surface area contributed by atoms with Gasteiger partial charge in [0.25, 0.3) is 5.91 Å². The molecule has 2 rings (SSSR count). The molecular formula is C26H38N6O3. The number of hydrogen-bond donors (Lipinski definition) is 1. The average molecular weight is 483 g/mol. The smallest absolute Gasteiger partial charge is 0.359 e. The van der Waals surface area contributed by atoms with Crippen LogP contribution in [0.1, 0.15) is 75.1 Å². The Morgan fingerprint density at radius 2 is 1.80 bits per heavy atom. The fourth-order valence-electron chi connectivity index (χ4n) is 3.40. The van der Waals surface area contributed by atoms with Gasteiger partial charge in [-0.1, -0.05) is 18.7 Å². The molecule has 0 spiro atoms. The fraction of sp³-hybridized carbons (Fsp3) is 0.462. The topological polar surface area (TPSA) is 94.3 Å². The van der Waals surface area contributed by atoms with E-state index in [1.807, 2.05) is 60.9 Å². The van der Waals surface area contributed by atoms with Crippen LogP contribution in [0, 0.1) is 6.92 Å². The van der Waals surface area contributed by atoms with E-state index in [1.54, 1.807) is 53.1 Å². The zero-order valence-corrected chi connectivity index (χ0v) is 22.6. The Kier molecular flexibility index (Phi) is 8.15. The summed E-state index contributed by atoms with van der Waals surface area (Å²) in [5.41, 5.74) is 0.630. The Morgan fingerprint density at radius 1 is 1.17 bits per heavy atom. The minimum Gasteiger partial charge on any atom is -0.455 e. The van der Waals surface area contributed by atoms with E-state index in [0.717, 1.165) is 0 Å². The molecule has 0 fully saturated rings. The van der Waals surface area contributed by atoms with Gasteiger partial charge in [-0.2, -0.15) is 10.1 Å². The van der Waals surface area contributed by atoms with Gasteiger partial charge in [0.1, 0.15) is 11.3 Å². The number of esters is 1. The van der Waals surface area contributed by atoms with Crippen LogP contribution in [0.2, 0.25) is 0 Å². The SMILES string of the molecule is C=C/C=C(\C=C/C)n1c(N(C)C)nc(NC(=O)c2cc(C)nn2C(C)(C)C)c1C(=O)OC(C)(C)C. The summed E-state index contributed by atoms with van der Waals surface area (Å²) in [7, 11) is 3.62. The number of anilines is 2. The summed E-state index contributed by atoms with van der Waals surface area (Å²) in [5, 5.41) is 7.32. The van der Waals surface area contributed by atoms with Crippen molar-refractivity contribution < 1.29 is 14.3 Å². The van der Waals surface area contributed by atoms with Gasteiger partial charge in [0, 0.05) is 19.8 Å². The van der Waals surface area contributed by atoms with E-state index in [1.165, 1.54) is 0 Å². The molecule has 0 aliphatic heterocycles. The molecule has 0 bridgehead atoms. The highest BCUT2D eigenvalue weighted by Gasteiger charge is 2.32. The molecule has 9 nitrogen and oxygen atoms in total. The van der Waals surface area contributed by atoms with Crippen molar-refractivity contribution in [3.63, 3.8) is 0 Å². The van der Waals surface area contributed by atoms with E-state index in [2.05, 4.69) is 22.0 Å². The summed E-state index contributed by atoms with van der Waals surface area (Å²) in [6.45, 7) is 18.7. The summed E-state index contributed by atoms with van der Waals surface area (Å²) < 4.78 is 9.02. The van der Waals surface area contributed by atoms with Crippen molar-refractivity contribution in [2.24, 2.45) is 0 Å². The largest absolute Gasteiger partial charge is 0.455 e. The van der Waals surface area contributed by atoms with Gasteiger partial charge >= 0.3 is 5.97 Å². The third kappa shape index (κ3) is 6.49. The Hall–Kier alpha value is -3.62. The summed E-state index contributed by atoms with van der Waals surface area (Å²) >= 11 is 0. The predicted octanol–water partition coefficient (Wildman–Crippen LogP) is 5.02. The van der Waals surface area contributed by atoms with Crippen molar-refractivity contribution in [3.05, 3.63) is 54.0 Å². The third-order valence-corrected chi connectivity index (χ3v) is 4.67. The number of aryl methyl sites for hydroxylation is 1. The molecule has 0 unspecified atom stereocenters. The second kappa shape index (κ2) is 10.3. The maximum Gasteiger partial charge on any atom is 0.359 e. The molecule has 0 aliphatic rings. The van der Waals surface area contributed by atoms with E-state index in [4.69, 9.17) is 4.74 Å². The minimum absolute atomic E-state index is 0.0896. The van der Waals surface area contributed by atoms with Gasteiger partial charge in [0.2, 0.25) is 5.95 Å². The molecule has 190 valence electrons. The quantitative estimate of drug-likeness (QED) is 0.440. The summed E-state index contributed by atoms with van der Waals surface area (Å²) in [5.74, 6) is -0.520. The number of amides is 1. The van der Waals surface area contributed by atoms with Crippen LogP contribution < -0.4 is 10.2 Å². The minimum atomic E-state index is -0.753. The highest BCUT2D eigenvalue weighted by molar-refractivity contribution is 6.07. The zero-order chi connectivity index (χ0) is 26.7. The summed E-state index contributed by atoms with van der Waals surface area (Å²) in [4.78, 5) is 33.3. The Bertz CT molecular complexity index is 1170. The molecule has 1 N–H and O–H groups in total. The maximum absolute atomic E-state index is 13.5. The van der Waals surface area contributed by atoms with Crippen LogP contribution in [0.4, 0.5) is 11.8 Å². The first-order valence-electron chi connectivity index (χ1n) is 11.5. The number of imidazole rings is 1. The highest BCUT2D eigenvalue weighted by Crippen LogP contribution is 2.30. The normalized spacial score (nSPS) is 12.7. The number of hydrogen-bond acceptors (Lipinski definition) is 6. The molecular weight excluding hydrogens is 444 g/mol. The molecule has 0 atom stereocenters. The van der Waals surface area contributed by atoms with Crippen LogP contribution >= 0.6 is 0 Å². The first-order chi connectivity index (χ1) is 16.1. The van der Waals surface area contributed by atoms with E-state index < -0.39 is 23.0 Å². The number of aromatic nitrogens is 4. The van der Waals surface area contributed by atoms with E-state index in [0.29, 0.717) is 23.0 Å². The van der Waals surface area contributed by atoms with Gasteiger partial charge in [-0.15, -0.1) is 0 Å². The lowest BCUT2D eigenvalue weighted by Gasteiger charge is -2.22. The lowest BCUT2D eigenvalue weighted by atomic mass is 10.1. The Morgan fingerprint density at radius 3 is 2.29 bits per heavy atom. The van der Waals surface area contributed by atoms with Crippen molar-refractivity contribution in [1.29, 1.82) is 0 Å². The number of nitrogens with zero attached hydrogens (tertiary/aromatic N) is 5. The molecule has 0 radical (unpaired) electrons. The number of ether oxygens (including phenoxy) is 1. The van der Waals surface area contributed by atoms with Gasteiger partial charge < -0.3 is 15.0 Å². The van der Waals surface area contributed by atoms with Crippen molar-refractivity contribution in [3.8, 4) is 0 Å². The third-order valence-electron chi connectivity index (χ3n) is 4.67.